The van der Waals surface area contributed by atoms with E-state index >= 15 is 0 Å². The van der Waals surface area contributed by atoms with Gasteiger partial charge in [-0.15, -0.1) is 0 Å². The Labute approximate surface area is 101 Å². The van der Waals surface area contributed by atoms with Crippen molar-refractivity contribution in [3.05, 3.63) is 34.2 Å². The minimum atomic E-state index is -0.302. The number of amides is 1. The predicted octanol–water partition coefficient (Wildman–Crippen LogP) is 1.49. The molecule has 17 heavy (non-hydrogen) atoms. The van der Waals surface area contributed by atoms with Crippen molar-refractivity contribution in [3.63, 3.8) is 0 Å². The largest absolute Gasteiger partial charge is 0.338 e. The second-order valence-corrected chi connectivity index (χ2v) is 5.07. The van der Waals surface area contributed by atoms with Crippen LogP contribution in [0.25, 0.3) is 0 Å². The molecule has 2 atom stereocenters. The summed E-state index contributed by atoms with van der Waals surface area (Å²) in [5, 5.41) is 0. The van der Waals surface area contributed by atoms with E-state index in [1.54, 1.807) is 23.2 Å². The van der Waals surface area contributed by atoms with E-state index in [0.29, 0.717) is 11.8 Å². The first kappa shape index (κ1) is 11.9. The molecule has 0 aromatic carbocycles. The Balaban J connectivity index is 2.20. The molecule has 4 heteroatoms. The molecule has 92 valence electrons. The minimum Gasteiger partial charge on any atom is -0.338 e. The highest BCUT2D eigenvalue weighted by atomic mass is 16.2. The van der Waals surface area contributed by atoms with E-state index in [4.69, 9.17) is 0 Å². The maximum Gasteiger partial charge on any atom is 0.260 e. The zero-order valence-corrected chi connectivity index (χ0v) is 10.3. The summed E-state index contributed by atoms with van der Waals surface area (Å²) in [5.74, 6) is 0.862. The van der Waals surface area contributed by atoms with Crippen LogP contribution in [0.2, 0.25) is 0 Å². The molecular formula is C13H18N2O2. The highest BCUT2D eigenvalue weighted by molar-refractivity contribution is 5.93. The number of likely N-dealkylation sites (tertiary alicyclic amines) is 1. The predicted molar refractivity (Wildman–Crippen MR) is 65.9 cm³/mol. The van der Waals surface area contributed by atoms with Gasteiger partial charge in [0.2, 0.25) is 0 Å². The number of hydrogen-bond acceptors (Lipinski definition) is 2. The minimum absolute atomic E-state index is 0.148. The standard InChI is InChI=1S/C13H18N2O2/c1-9-6-10(2)8-15(7-9)13(17)11-4-3-5-14-12(11)16/h3-5,9-10H,6-8H2,1-2H3,(H,14,16). The molecule has 0 saturated carbocycles. The SMILES string of the molecule is CC1CC(C)CN(C(=O)c2ccc[nH]c2=O)C1. The van der Waals surface area contributed by atoms with Gasteiger partial charge >= 0.3 is 0 Å². The van der Waals surface area contributed by atoms with Crippen molar-refractivity contribution in [1.29, 1.82) is 0 Å². The van der Waals surface area contributed by atoms with E-state index in [-0.39, 0.29) is 17.0 Å². The monoisotopic (exact) mass is 234 g/mol. The van der Waals surface area contributed by atoms with Gasteiger partial charge in [-0.1, -0.05) is 13.8 Å². The van der Waals surface area contributed by atoms with Gasteiger partial charge in [0.25, 0.3) is 11.5 Å². The zero-order valence-electron chi connectivity index (χ0n) is 10.3. The van der Waals surface area contributed by atoms with E-state index in [1.807, 2.05) is 0 Å². The van der Waals surface area contributed by atoms with Crippen LogP contribution in [-0.4, -0.2) is 28.9 Å². The Bertz CT molecular complexity index is 456. The lowest BCUT2D eigenvalue weighted by atomic mass is 9.91. The zero-order chi connectivity index (χ0) is 12.4. The lowest BCUT2D eigenvalue weighted by Crippen LogP contribution is -2.44. The fourth-order valence-corrected chi connectivity index (χ4v) is 2.59. The van der Waals surface area contributed by atoms with Gasteiger partial charge < -0.3 is 9.88 Å². The van der Waals surface area contributed by atoms with Gasteiger partial charge in [0.05, 0.1) is 0 Å². The van der Waals surface area contributed by atoms with Crippen LogP contribution >= 0.6 is 0 Å². The van der Waals surface area contributed by atoms with Gasteiger partial charge in [-0.25, -0.2) is 0 Å². The molecule has 1 aromatic heterocycles. The highest BCUT2D eigenvalue weighted by Crippen LogP contribution is 2.21. The number of carbonyl (C=O) groups excluding carboxylic acids is 1. The van der Waals surface area contributed by atoms with Crippen molar-refractivity contribution in [3.8, 4) is 0 Å². The van der Waals surface area contributed by atoms with E-state index in [9.17, 15) is 9.59 Å². The number of rotatable bonds is 1. The molecule has 0 aliphatic carbocycles. The van der Waals surface area contributed by atoms with Crippen LogP contribution in [-0.2, 0) is 0 Å². The average molecular weight is 234 g/mol. The molecular weight excluding hydrogens is 216 g/mol. The van der Waals surface area contributed by atoms with Crippen molar-refractivity contribution in [1.82, 2.24) is 9.88 Å². The molecule has 2 heterocycles. The summed E-state index contributed by atoms with van der Waals surface area (Å²) in [6.45, 7) is 5.78. The van der Waals surface area contributed by atoms with Crippen LogP contribution in [0.1, 0.15) is 30.6 Å². The topological polar surface area (TPSA) is 53.2 Å². The molecule has 1 aromatic rings. The Kier molecular flexibility index (Phi) is 3.31. The molecule has 1 saturated heterocycles. The summed E-state index contributed by atoms with van der Waals surface area (Å²) < 4.78 is 0. The second-order valence-electron chi connectivity index (χ2n) is 5.07. The molecule has 4 nitrogen and oxygen atoms in total. The van der Waals surface area contributed by atoms with Crippen LogP contribution < -0.4 is 5.56 Å². The van der Waals surface area contributed by atoms with Gasteiger partial charge in [0, 0.05) is 19.3 Å². The number of carbonyl (C=O) groups is 1. The Morgan fingerprint density at radius 1 is 1.35 bits per heavy atom. The van der Waals surface area contributed by atoms with Crippen molar-refractivity contribution in [2.75, 3.05) is 13.1 Å². The van der Waals surface area contributed by atoms with E-state index < -0.39 is 0 Å². The van der Waals surface area contributed by atoms with Crippen molar-refractivity contribution in [2.45, 2.75) is 20.3 Å². The molecule has 2 unspecified atom stereocenters. The highest BCUT2D eigenvalue weighted by Gasteiger charge is 2.27. The Hall–Kier alpha value is -1.58. The third-order valence-electron chi connectivity index (χ3n) is 3.20. The van der Waals surface area contributed by atoms with Crippen LogP contribution in [0.5, 0.6) is 0 Å². The molecule has 0 radical (unpaired) electrons. The van der Waals surface area contributed by atoms with Gasteiger partial charge in [0.1, 0.15) is 5.56 Å². The number of pyridine rings is 1. The number of H-pyrrole nitrogens is 1. The van der Waals surface area contributed by atoms with Gasteiger partial charge in [0.15, 0.2) is 0 Å². The summed E-state index contributed by atoms with van der Waals surface area (Å²) in [7, 11) is 0. The summed E-state index contributed by atoms with van der Waals surface area (Å²) in [5.41, 5.74) is -0.0582. The molecule has 1 fully saturated rings. The lowest BCUT2D eigenvalue weighted by molar-refractivity contribution is 0.0621. The third kappa shape index (κ3) is 2.57. The quantitative estimate of drug-likeness (QED) is 0.800. The van der Waals surface area contributed by atoms with Gasteiger partial charge in [-0.3, -0.25) is 9.59 Å². The molecule has 1 aliphatic heterocycles. The van der Waals surface area contributed by atoms with Crippen molar-refractivity contribution in [2.24, 2.45) is 11.8 Å². The fraction of sp³-hybridized carbons (Fsp3) is 0.538. The van der Waals surface area contributed by atoms with Crippen molar-refractivity contribution < 1.29 is 4.79 Å². The first-order valence-electron chi connectivity index (χ1n) is 6.05. The molecule has 0 bridgehead atoms. The first-order chi connectivity index (χ1) is 8.08. The maximum atomic E-state index is 12.2. The summed E-state index contributed by atoms with van der Waals surface area (Å²) in [6, 6.07) is 3.27. The number of aromatic nitrogens is 1. The summed E-state index contributed by atoms with van der Waals surface area (Å²) in [4.78, 5) is 28.1. The van der Waals surface area contributed by atoms with Gasteiger partial charge in [-0.2, -0.15) is 0 Å². The second kappa shape index (κ2) is 4.73. The Morgan fingerprint density at radius 2 is 2.00 bits per heavy atom. The van der Waals surface area contributed by atoms with Gasteiger partial charge in [-0.05, 0) is 30.4 Å². The fourth-order valence-electron chi connectivity index (χ4n) is 2.59. The third-order valence-corrected chi connectivity index (χ3v) is 3.20. The van der Waals surface area contributed by atoms with Crippen LogP contribution in [0.4, 0.5) is 0 Å². The molecule has 1 N–H and O–H groups in total. The summed E-state index contributed by atoms with van der Waals surface area (Å²) in [6.07, 6.45) is 2.69. The van der Waals surface area contributed by atoms with Crippen molar-refractivity contribution >= 4 is 5.91 Å². The molecule has 0 spiro atoms. The number of nitrogens with zero attached hydrogens (tertiary/aromatic N) is 1. The molecule has 1 aliphatic rings. The maximum absolute atomic E-state index is 12.2. The number of hydrogen-bond donors (Lipinski definition) is 1. The molecule has 1 amide bonds. The number of aromatic amines is 1. The normalized spacial score (nSPS) is 24.7. The van der Waals surface area contributed by atoms with Crippen LogP contribution in [0, 0.1) is 11.8 Å². The van der Waals surface area contributed by atoms with Crippen LogP contribution in [0.15, 0.2) is 23.1 Å². The Morgan fingerprint density at radius 3 is 2.59 bits per heavy atom. The van der Waals surface area contributed by atoms with E-state index in [0.717, 1.165) is 19.5 Å². The first-order valence-corrected chi connectivity index (χ1v) is 6.05. The average Bonchev–Trinajstić information content (AvgIpc) is 2.27. The summed E-state index contributed by atoms with van der Waals surface area (Å²) >= 11 is 0. The smallest absolute Gasteiger partial charge is 0.260 e. The van der Waals surface area contributed by atoms with E-state index in [1.165, 1.54) is 0 Å². The van der Waals surface area contributed by atoms with Crippen LogP contribution in [0.3, 0.4) is 0 Å². The lowest BCUT2D eigenvalue weighted by Gasteiger charge is -2.34. The number of piperidine rings is 1. The van der Waals surface area contributed by atoms with E-state index in [2.05, 4.69) is 18.8 Å². The molecule has 2 rings (SSSR count). The number of nitrogens with one attached hydrogen (secondary N) is 1.